The minimum Gasteiger partial charge on any atom is -0.396 e. The minimum atomic E-state index is -0.0181. The van der Waals surface area contributed by atoms with Gasteiger partial charge in [-0.2, -0.15) is 0 Å². The largest absolute Gasteiger partial charge is 0.396 e. The van der Waals surface area contributed by atoms with E-state index in [4.69, 9.17) is 5.11 Å². The van der Waals surface area contributed by atoms with Crippen LogP contribution >= 0.6 is 0 Å². The molecule has 80 valence electrons. The van der Waals surface area contributed by atoms with Crippen LogP contribution in [0.2, 0.25) is 0 Å². The number of aromatic amines is 1. The number of hydrogen-bond acceptors (Lipinski definition) is 2. The highest BCUT2D eigenvalue weighted by molar-refractivity contribution is 5.03. The third-order valence-corrected chi connectivity index (χ3v) is 2.27. The Morgan fingerprint density at radius 2 is 2.29 bits per heavy atom. The van der Waals surface area contributed by atoms with Crippen LogP contribution in [0.25, 0.3) is 0 Å². The highest BCUT2D eigenvalue weighted by Crippen LogP contribution is 2.10. The van der Waals surface area contributed by atoms with Gasteiger partial charge in [0, 0.05) is 37.0 Å². The molecule has 0 aliphatic carbocycles. The highest BCUT2D eigenvalue weighted by Gasteiger charge is 2.14. The highest BCUT2D eigenvalue weighted by atomic mass is 16.3. The molecule has 3 nitrogen and oxygen atoms in total. The monoisotopic (exact) mass is 196 g/mol. The number of aliphatic hydroxyl groups excluding tert-OH is 1. The number of nitrogens with one attached hydrogen (secondary N) is 2. The van der Waals surface area contributed by atoms with Crippen LogP contribution in [0.5, 0.6) is 0 Å². The van der Waals surface area contributed by atoms with Crippen molar-refractivity contribution in [2.75, 3.05) is 19.7 Å². The van der Waals surface area contributed by atoms with Crippen molar-refractivity contribution in [3.63, 3.8) is 0 Å². The summed E-state index contributed by atoms with van der Waals surface area (Å²) in [6, 6.07) is 4.09. The predicted molar refractivity (Wildman–Crippen MR) is 58.2 cm³/mol. The summed E-state index contributed by atoms with van der Waals surface area (Å²) in [6.07, 6.45) is 2.95. The second-order valence-electron chi connectivity index (χ2n) is 4.44. The quantitative estimate of drug-likeness (QED) is 0.598. The molecule has 0 unspecified atom stereocenters. The van der Waals surface area contributed by atoms with Crippen molar-refractivity contribution in [1.82, 2.24) is 10.3 Å². The Morgan fingerprint density at radius 1 is 1.50 bits per heavy atom. The van der Waals surface area contributed by atoms with Crippen molar-refractivity contribution < 1.29 is 5.11 Å². The molecule has 0 aromatic carbocycles. The molecule has 3 heteroatoms. The lowest BCUT2D eigenvalue weighted by molar-refractivity contribution is 0.157. The standard InChI is InChI=1S/C11H20N2O/c1-11(2,9-14)8-12-7-5-10-4-3-6-13-10/h3-4,6,12-14H,5,7-9H2,1-2H3. The zero-order chi connectivity index (χ0) is 10.4. The van der Waals surface area contributed by atoms with E-state index in [1.165, 1.54) is 5.69 Å². The number of aromatic nitrogens is 1. The summed E-state index contributed by atoms with van der Waals surface area (Å²) in [5.41, 5.74) is 1.23. The van der Waals surface area contributed by atoms with E-state index >= 15 is 0 Å². The van der Waals surface area contributed by atoms with Crippen molar-refractivity contribution in [3.05, 3.63) is 24.0 Å². The van der Waals surface area contributed by atoms with Gasteiger partial charge in [0.05, 0.1) is 0 Å². The van der Waals surface area contributed by atoms with E-state index < -0.39 is 0 Å². The molecular formula is C11H20N2O. The maximum absolute atomic E-state index is 9.03. The van der Waals surface area contributed by atoms with Gasteiger partial charge in [-0.05, 0) is 18.6 Å². The molecule has 0 spiro atoms. The van der Waals surface area contributed by atoms with Crippen molar-refractivity contribution in [1.29, 1.82) is 0 Å². The zero-order valence-electron chi connectivity index (χ0n) is 9.01. The third kappa shape index (κ3) is 3.94. The zero-order valence-corrected chi connectivity index (χ0v) is 9.01. The molecule has 1 rings (SSSR count). The summed E-state index contributed by atoms with van der Waals surface area (Å²) in [7, 11) is 0. The topological polar surface area (TPSA) is 48.0 Å². The first-order chi connectivity index (χ1) is 6.64. The van der Waals surface area contributed by atoms with Crippen LogP contribution in [0.1, 0.15) is 19.5 Å². The van der Waals surface area contributed by atoms with Crippen LogP contribution in [0, 0.1) is 5.41 Å². The van der Waals surface area contributed by atoms with E-state index in [9.17, 15) is 0 Å². The van der Waals surface area contributed by atoms with Gasteiger partial charge in [-0.15, -0.1) is 0 Å². The summed E-state index contributed by atoms with van der Waals surface area (Å²) < 4.78 is 0. The second-order valence-corrected chi connectivity index (χ2v) is 4.44. The molecule has 3 N–H and O–H groups in total. The molecule has 0 aliphatic rings. The SMILES string of the molecule is CC(C)(CO)CNCCc1ccc[nH]1. The molecule has 0 amide bonds. The summed E-state index contributed by atoms with van der Waals surface area (Å²) in [5.74, 6) is 0. The fraction of sp³-hybridized carbons (Fsp3) is 0.636. The lowest BCUT2D eigenvalue weighted by Gasteiger charge is -2.21. The Balaban J connectivity index is 2.11. The van der Waals surface area contributed by atoms with Crippen LogP contribution in [0.15, 0.2) is 18.3 Å². The lowest BCUT2D eigenvalue weighted by atomic mass is 9.95. The van der Waals surface area contributed by atoms with Crippen LogP contribution in [-0.4, -0.2) is 29.8 Å². The van der Waals surface area contributed by atoms with Gasteiger partial charge in [-0.25, -0.2) is 0 Å². The first-order valence-corrected chi connectivity index (χ1v) is 5.08. The predicted octanol–water partition coefficient (Wildman–Crippen LogP) is 1.17. The summed E-state index contributed by atoms with van der Waals surface area (Å²) in [6.45, 7) is 6.12. The second kappa shape index (κ2) is 5.17. The molecule has 0 fully saturated rings. The molecule has 0 atom stereocenters. The normalized spacial score (nSPS) is 11.9. The van der Waals surface area contributed by atoms with Crippen molar-refractivity contribution >= 4 is 0 Å². The van der Waals surface area contributed by atoms with E-state index in [1.54, 1.807) is 0 Å². The van der Waals surface area contributed by atoms with Crippen LogP contribution in [0.3, 0.4) is 0 Å². The van der Waals surface area contributed by atoms with Gasteiger partial charge < -0.3 is 15.4 Å². The van der Waals surface area contributed by atoms with Gasteiger partial charge in [0.15, 0.2) is 0 Å². The van der Waals surface area contributed by atoms with Gasteiger partial charge in [-0.1, -0.05) is 13.8 Å². The molecule has 14 heavy (non-hydrogen) atoms. The van der Waals surface area contributed by atoms with Gasteiger partial charge in [0.25, 0.3) is 0 Å². The van der Waals surface area contributed by atoms with E-state index in [1.807, 2.05) is 12.3 Å². The minimum absolute atomic E-state index is 0.0181. The van der Waals surface area contributed by atoms with Crippen LogP contribution in [-0.2, 0) is 6.42 Å². The fourth-order valence-corrected chi connectivity index (χ4v) is 1.23. The molecule has 1 aromatic heterocycles. The molecule has 1 aromatic rings. The maximum atomic E-state index is 9.03. The van der Waals surface area contributed by atoms with E-state index in [0.717, 1.165) is 19.5 Å². The summed E-state index contributed by atoms with van der Waals surface area (Å²) in [4.78, 5) is 3.16. The Morgan fingerprint density at radius 3 is 2.86 bits per heavy atom. The van der Waals surface area contributed by atoms with Crippen LogP contribution < -0.4 is 5.32 Å². The Kier molecular flexibility index (Phi) is 4.17. The Bertz CT molecular complexity index is 242. The third-order valence-electron chi connectivity index (χ3n) is 2.27. The van der Waals surface area contributed by atoms with Crippen molar-refractivity contribution in [2.24, 2.45) is 5.41 Å². The van der Waals surface area contributed by atoms with Gasteiger partial charge in [0.1, 0.15) is 0 Å². The van der Waals surface area contributed by atoms with Gasteiger partial charge >= 0.3 is 0 Å². The molecule has 1 heterocycles. The number of rotatable bonds is 6. The first-order valence-electron chi connectivity index (χ1n) is 5.08. The molecule has 0 aliphatic heterocycles. The average Bonchev–Trinajstić information content (AvgIpc) is 2.65. The van der Waals surface area contributed by atoms with E-state index in [-0.39, 0.29) is 12.0 Å². The average molecular weight is 196 g/mol. The first kappa shape index (κ1) is 11.3. The lowest BCUT2D eigenvalue weighted by Crippen LogP contribution is -2.33. The number of aliphatic hydroxyl groups is 1. The van der Waals surface area contributed by atoms with Crippen LogP contribution in [0.4, 0.5) is 0 Å². The number of hydrogen-bond donors (Lipinski definition) is 3. The Labute approximate surface area is 85.5 Å². The molecular weight excluding hydrogens is 176 g/mol. The number of H-pyrrole nitrogens is 1. The van der Waals surface area contributed by atoms with E-state index in [2.05, 4.69) is 30.2 Å². The Hall–Kier alpha value is -0.800. The van der Waals surface area contributed by atoms with Crippen molar-refractivity contribution in [3.8, 4) is 0 Å². The van der Waals surface area contributed by atoms with Gasteiger partial charge in [0.2, 0.25) is 0 Å². The molecule has 0 saturated carbocycles. The molecule has 0 saturated heterocycles. The van der Waals surface area contributed by atoms with Gasteiger partial charge in [-0.3, -0.25) is 0 Å². The van der Waals surface area contributed by atoms with E-state index in [0.29, 0.717) is 0 Å². The summed E-state index contributed by atoms with van der Waals surface area (Å²) in [5, 5.41) is 12.4. The molecule has 0 radical (unpaired) electrons. The van der Waals surface area contributed by atoms with Crippen molar-refractivity contribution in [2.45, 2.75) is 20.3 Å². The summed E-state index contributed by atoms with van der Waals surface area (Å²) >= 11 is 0. The maximum Gasteiger partial charge on any atom is 0.0494 e. The fourth-order valence-electron chi connectivity index (χ4n) is 1.23. The molecule has 0 bridgehead atoms. The smallest absolute Gasteiger partial charge is 0.0494 e.